The summed E-state index contributed by atoms with van der Waals surface area (Å²) in [5.41, 5.74) is 5.83. The second kappa shape index (κ2) is 4.93. The van der Waals surface area contributed by atoms with E-state index in [0.717, 1.165) is 5.56 Å². The topological polar surface area (TPSA) is 55.1 Å². The Kier molecular flexibility index (Phi) is 3.85. The molecule has 14 heavy (non-hydrogen) atoms. The first-order chi connectivity index (χ1) is 6.63. The molecule has 0 atom stereocenters. The molecule has 1 amide bonds. The Hall–Kier alpha value is -1.13. The van der Waals surface area contributed by atoms with Crippen LogP contribution in [0.25, 0.3) is 0 Å². The normalized spacial score (nSPS) is 9.93. The van der Waals surface area contributed by atoms with Crippen LogP contribution in [0.4, 0.5) is 4.39 Å². The number of nitrogens with two attached hydrogens (primary N) is 1. The van der Waals surface area contributed by atoms with Crippen LogP contribution >= 0.6 is 11.6 Å². The van der Waals surface area contributed by atoms with Crippen molar-refractivity contribution in [1.82, 2.24) is 5.32 Å². The maximum absolute atomic E-state index is 12.7. The number of benzene rings is 1. The van der Waals surface area contributed by atoms with E-state index in [1.165, 1.54) is 12.1 Å². The zero-order chi connectivity index (χ0) is 10.6. The predicted molar refractivity (Wildman–Crippen MR) is 52.3 cm³/mol. The highest BCUT2D eigenvalue weighted by atomic mass is 35.5. The maximum Gasteiger partial charge on any atom is 0.234 e. The van der Waals surface area contributed by atoms with E-state index < -0.39 is 5.82 Å². The summed E-state index contributed by atoms with van der Waals surface area (Å²) in [5.74, 6) is -0.731. The largest absolute Gasteiger partial charge is 0.351 e. The van der Waals surface area contributed by atoms with E-state index in [4.69, 9.17) is 17.3 Å². The number of carbonyl (C=O) groups is 1. The third-order valence-corrected chi connectivity index (χ3v) is 1.95. The predicted octanol–water partition coefficient (Wildman–Crippen LogP) is 1.05. The van der Waals surface area contributed by atoms with Gasteiger partial charge >= 0.3 is 0 Å². The van der Waals surface area contributed by atoms with Gasteiger partial charge in [-0.2, -0.15) is 0 Å². The number of hydrogen-bond acceptors (Lipinski definition) is 2. The molecule has 3 nitrogen and oxygen atoms in total. The van der Waals surface area contributed by atoms with Gasteiger partial charge in [-0.15, -0.1) is 0 Å². The number of halogens is 2. The summed E-state index contributed by atoms with van der Waals surface area (Å²) in [5, 5.41) is 2.60. The molecule has 0 aliphatic carbocycles. The summed E-state index contributed by atoms with van der Waals surface area (Å²) in [6, 6.07) is 4.28. The average Bonchev–Trinajstić information content (AvgIpc) is 2.19. The fourth-order valence-electron chi connectivity index (χ4n) is 0.922. The summed E-state index contributed by atoms with van der Waals surface area (Å²) in [6.07, 6.45) is 0. The Balaban J connectivity index is 2.60. The van der Waals surface area contributed by atoms with Crippen molar-refractivity contribution in [1.29, 1.82) is 0 Å². The molecule has 0 saturated carbocycles. The molecule has 0 aliphatic heterocycles. The van der Waals surface area contributed by atoms with Crippen LogP contribution in [0.15, 0.2) is 18.2 Å². The standard InChI is InChI=1S/C9H10ClFN2O/c10-7-3-6(1-2-8(7)11)5-13-9(14)4-12/h1-3H,4-5,12H2,(H,13,14). The van der Waals surface area contributed by atoms with Gasteiger partial charge in [-0.05, 0) is 17.7 Å². The number of rotatable bonds is 3. The maximum atomic E-state index is 12.7. The Labute approximate surface area is 86.0 Å². The highest BCUT2D eigenvalue weighted by molar-refractivity contribution is 6.30. The summed E-state index contributed by atoms with van der Waals surface area (Å²) < 4.78 is 12.7. The molecule has 1 aromatic rings. The van der Waals surface area contributed by atoms with Gasteiger partial charge < -0.3 is 11.1 Å². The third kappa shape index (κ3) is 2.97. The fourth-order valence-corrected chi connectivity index (χ4v) is 1.13. The number of carbonyl (C=O) groups excluding carboxylic acids is 1. The molecule has 5 heteroatoms. The van der Waals surface area contributed by atoms with Crippen LogP contribution in [0.3, 0.4) is 0 Å². The number of nitrogens with one attached hydrogen (secondary N) is 1. The summed E-state index contributed by atoms with van der Waals surface area (Å²) in [7, 11) is 0. The van der Waals surface area contributed by atoms with Crippen LogP contribution in [0.2, 0.25) is 5.02 Å². The van der Waals surface area contributed by atoms with Crippen molar-refractivity contribution in [3.05, 3.63) is 34.6 Å². The van der Waals surface area contributed by atoms with Gasteiger partial charge in [0.05, 0.1) is 11.6 Å². The highest BCUT2D eigenvalue weighted by Gasteiger charge is 2.02. The lowest BCUT2D eigenvalue weighted by molar-refractivity contribution is -0.119. The van der Waals surface area contributed by atoms with Crippen LogP contribution in [-0.4, -0.2) is 12.5 Å². The quantitative estimate of drug-likeness (QED) is 0.794. The molecule has 0 spiro atoms. The number of amides is 1. The minimum absolute atomic E-state index is 0.0458. The molecule has 0 saturated heterocycles. The van der Waals surface area contributed by atoms with E-state index in [2.05, 4.69) is 5.32 Å². The molecule has 0 bridgehead atoms. The van der Waals surface area contributed by atoms with E-state index in [9.17, 15) is 9.18 Å². The van der Waals surface area contributed by atoms with Crippen molar-refractivity contribution in [3.8, 4) is 0 Å². The van der Waals surface area contributed by atoms with Gasteiger partial charge in [0.15, 0.2) is 0 Å². The zero-order valence-corrected chi connectivity index (χ0v) is 8.14. The lowest BCUT2D eigenvalue weighted by Gasteiger charge is -2.04. The monoisotopic (exact) mass is 216 g/mol. The Morgan fingerprint density at radius 1 is 1.57 bits per heavy atom. The summed E-state index contributed by atoms with van der Waals surface area (Å²) in [6.45, 7) is 0.241. The Morgan fingerprint density at radius 3 is 2.86 bits per heavy atom. The molecular weight excluding hydrogens is 207 g/mol. The first-order valence-electron chi connectivity index (χ1n) is 4.04. The Bertz CT molecular complexity index is 344. The molecule has 0 fully saturated rings. The van der Waals surface area contributed by atoms with Crippen molar-refractivity contribution in [2.45, 2.75) is 6.54 Å². The molecule has 3 N–H and O–H groups in total. The van der Waals surface area contributed by atoms with E-state index in [1.54, 1.807) is 6.07 Å². The fraction of sp³-hybridized carbons (Fsp3) is 0.222. The van der Waals surface area contributed by atoms with Crippen molar-refractivity contribution >= 4 is 17.5 Å². The molecule has 0 heterocycles. The van der Waals surface area contributed by atoms with E-state index >= 15 is 0 Å². The van der Waals surface area contributed by atoms with Crippen molar-refractivity contribution in [2.75, 3.05) is 6.54 Å². The first-order valence-corrected chi connectivity index (χ1v) is 4.42. The Morgan fingerprint density at radius 2 is 2.29 bits per heavy atom. The van der Waals surface area contributed by atoms with Crippen LogP contribution < -0.4 is 11.1 Å². The van der Waals surface area contributed by atoms with Crippen molar-refractivity contribution in [2.24, 2.45) is 5.73 Å². The smallest absolute Gasteiger partial charge is 0.234 e. The zero-order valence-electron chi connectivity index (χ0n) is 7.39. The highest BCUT2D eigenvalue weighted by Crippen LogP contribution is 2.15. The van der Waals surface area contributed by atoms with Gasteiger partial charge in [0.2, 0.25) is 5.91 Å². The first kappa shape index (κ1) is 10.9. The molecule has 0 aromatic heterocycles. The third-order valence-electron chi connectivity index (χ3n) is 1.66. The van der Waals surface area contributed by atoms with Crippen molar-refractivity contribution in [3.63, 3.8) is 0 Å². The number of hydrogen-bond donors (Lipinski definition) is 2. The summed E-state index contributed by atoms with van der Waals surface area (Å²) in [4.78, 5) is 10.8. The van der Waals surface area contributed by atoms with Gasteiger partial charge in [-0.1, -0.05) is 17.7 Å². The van der Waals surface area contributed by atoms with Crippen LogP contribution in [0.1, 0.15) is 5.56 Å². The van der Waals surface area contributed by atoms with Gasteiger partial charge in [0.1, 0.15) is 5.82 Å². The van der Waals surface area contributed by atoms with Crippen LogP contribution in [0.5, 0.6) is 0 Å². The molecule has 0 radical (unpaired) electrons. The van der Waals surface area contributed by atoms with E-state index in [-0.39, 0.29) is 17.5 Å². The van der Waals surface area contributed by atoms with E-state index in [1.807, 2.05) is 0 Å². The van der Waals surface area contributed by atoms with Gasteiger partial charge in [0.25, 0.3) is 0 Å². The molecule has 0 unspecified atom stereocenters. The average molecular weight is 217 g/mol. The minimum Gasteiger partial charge on any atom is -0.351 e. The van der Waals surface area contributed by atoms with Crippen molar-refractivity contribution < 1.29 is 9.18 Å². The van der Waals surface area contributed by atoms with E-state index in [0.29, 0.717) is 6.54 Å². The lowest BCUT2D eigenvalue weighted by Crippen LogP contribution is -2.29. The molecule has 76 valence electrons. The molecule has 0 aliphatic rings. The second-order valence-electron chi connectivity index (χ2n) is 2.73. The molecule has 1 rings (SSSR count). The lowest BCUT2D eigenvalue weighted by atomic mass is 10.2. The summed E-state index contributed by atoms with van der Waals surface area (Å²) >= 11 is 5.55. The minimum atomic E-state index is -0.472. The van der Waals surface area contributed by atoms with Gasteiger partial charge in [-0.25, -0.2) is 4.39 Å². The SMILES string of the molecule is NCC(=O)NCc1ccc(F)c(Cl)c1. The molecule has 1 aromatic carbocycles. The van der Waals surface area contributed by atoms with Crippen LogP contribution in [0, 0.1) is 5.82 Å². The van der Waals surface area contributed by atoms with Crippen LogP contribution in [-0.2, 0) is 11.3 Å². The molecular formula is C9H10ClFN2O. The van der Waals surface area contributed by atoms with Gasteiger partial charge in [-0.3, -0.25) is 4.79 Å². The second-order valence-corrected chi connectivity index (χ2v) is 3.14. The van der Waals surface area contributed by atoms with Gasteiger partial charge in [0, 0.05) is 6.54 Å².